The van der Waals surface area contributed by atoms with Gasteiger partial charge in [-0.3, -0.25) is 0 Å². The molecule has 1 aromatic heterocycles. The fourth-order valence-corrected chi connectivity index (χ4v) is 2.68. The molecule has 0 aliphatic rings. The molecule has 3 heteroatoms. The average molecular weight is 265 g/mol. The molecule has 3 rings (SSSR count). The zero-order valence-corrected chi connectivity index (χ0v) is 11.9. The van der Waals surface area contributed by atoms with Gasteiger partial charge in [-0.1, -0.05) is 30.3 Å². The number of benzene rings is 2. The average Bonchev–Trinajstić information content (AvgIpc) is 2.76. The monoisotopic (exact) mass is 265 g/mol. The highest BCUT2D eigenvalue weighted by molar-refractivity contribution is 5.84. The second kappa shape index (κ2) is 4.93. The van der Waals surface area contributed by atoms with Gasteiger partial charge in [-0.2, -0.15) is 0 Å². The molecule has 2 aromatic carbocycles. The Morgan fingerprint density at radius 3 is 2.70 bits per heavy atom. The molecule has 0 radical (unpaired) electrons. The Kier molecular flexibility index (Phi) is 3.11. The molecule has 3 N–H and O–H groups in total. The van der Waals surface area contributed by atoms with E-state index in [1.165, 1.54) is 22.0 Å². The van der Waals surface area contributed by atoms with Gasteiger partial charge in [-0.15, -0.1) is 0 Å². The summed E-state index contributed by atoms with van der Waals surface area (Å²) in [5.41, 5.74) is 11.6. The molecule has 0 bridgehead atoms. The van der Waals surface area contributed by atoms with Gasteiger partial charge in [0.25, 0.3) is 0 Å². The van der Waals surface area contributed by atoms with Crippen LogP contribution in [0.3, 0.4) is 0 Å². The molecule has 20 heavy (non-hydrogen) atoms. The van der Waals surface area contributed by atoms with Gasteiger partial charge in [-0.05, 0) is 30.2 Å². The molecule has 0 fully saturated rings. The van der Waals surface area contributed by atoms with E-state index in [-0.39, 0.29) is 0 Å². The minimum absolute atomic E-state index is 0.774. The number of nitrogen functional groups attached to an aromatic ring is 1. The van der Waals surface area contributed by atoms with E-state index in [9.17, 15) is 0 Å². The second-order valence-corrected chi connectivity index (χ2v) is 5.18. The lowest BCUT2D eigenvalue weighted by atomic mass is 10.1. The number of nitrogens with two attached hydrogens (primary N) is 1. The summed E-state index contributed by atoms with van der Waals surface area (Å²) < 4.78 is 2.16. The molecular formula is C17H19N3. The van der Waals surface area contributed by atoms with Gasteiger partial charge in [0.2, 0.25) is 0 Å². The molecular weight excluding hydrogens is 246 g/mol. The summed E-state index contributed by atoms with van der Waals surface area (Å²) in [4.78, 5) is 0. The highest BCUT2D eigenvalue weighted by Gasteiger charge is 2.07. The van der Waals surface area contributed by atoms with Crippen molar-refractivity contribution < 1.29 is 0 Å². The maximum absolute atomic E-state index is 6.04. The van der Waals surface area contributed by atoms with Gasteiger partial charge >= 0.3 is 0 Å². The van der Waals surface area contributed by atoms with Crippen molar-refractivity contribution in [2.24, 2.45) is 7.05 Å². The smallest absolute Gasteiger partial charge is 0.0606 e. The molecule has 0 saturated carbocycles. The SMILES string of the molecule is Cc1cccc(N)c1NCc1cn(C)c2ccccc12. The van der Waals surface area contributed by atoms with Crippen LogP contribution in [0, 0.1) is 6.92 Å². The summed E-state index contributed by atoms with van der Waals surface area (Å²) in [5.74, 6) is 0. The lowest BCUT2D eigenvalue weighted by Crippen LogP contribution is -2.03. The zero-order valence-electron chi connectivity index (χ0n) is 11.9. The minimum Gasteiger partial charge on any atom is -0.397 e. The number of nitrogens with one attached hydrogen (secondary N) is 1. The van der Waals surface area contributed by atoms with Crippen molar-refractivity contribution in [1.82, 2.24) is 4.57 Å². The summed E-state index contributed by atoms with van der Waals surface area (Å²) >= 11 is 0. The normalized spacial score (nSPS) is 10.9. The summed E-state index contributed by atoms with van der Waals surface area (Å²) in [6.07, 6.45) is 2.17. The third-order valence-corrected chi connectivity index (χ3v) is 3.74. The predicted molar refractivity (Wildman–Crippen MR) is 85.8 cm³/mol. The largest absolute Gasteiger partial charge is 0.397 e. The van der Waals surface area contributed by atoms with Crippen molar-refractivity contribution in [3.05, 3.63) is 59.8 Å². The van der Waals surface area contributed by atoms with Crippen LogP contribution in [0.2, 0.25) is 0 Å². The third kappa shape index (κ3) is 2.11. The number of anilines is 2. The Labute approximate surface area is 119 Å². The summed E-state index contributed by atoms with van der Waals surface area (Å²) in [6.45, 7) is 2.85. The van der Waals surface area contributed by atoms with Crippen LogP contribution < -0.4 is 11.1 Å². The van der Waals surface area contributed by atoms with E-state index >= 15 is 0 Å². The topological polar surface area (TPSA) is 43.0 Å². The number of aromatic nitrogens is 1. The first kappa shape index (κ1) is 12.6. The highest BCUT2D eigenvalue weighted by atomic mass is 14.9. The summed E-state index contributed by atoms with van der Waals surface area (Å²) in [6, 6.07) is 14.4. The molecule has 0 unspecified atom stereocenters. The first-order valence-electron chi connectivity index (χ1n) is 6.78. The Morgan fingerprint density at radius 1 is 1.10 bits per heavy atom. The van der Waals surface area contributed by atoms with Crippen molar-refractivity contribution in [3.63, 3.8) is 0 Å². The van der Waals surface area contributed by atoms with Crippen molar-refractivity contribution in [1.29, 1.82) is 0 Å². The Hall–Kier alpha value is -2.42. The summed E-state index contributed by atoms with van der Waals surface area (Å²) in [5, 5.41) is 4.75. The van der Waals surface area contributed by atoms with E-state index < -0.39 is 0 Å². The number of hydrogen-bond acceptors (Lipinski definition) is 2. The first-order valence-corrected chi connectivity index (χ1v) is 6.78. The molecule has 0 spiro atoms. The van der Waals surface area contributed by atoms with E-state index in [0.29, 0.717) is 0 Å². The van der Waals surface area contributed by atoms with E-state index in [2.05, 4.69) is 60.4 Å². The fourth-order valence-electron chi connectivity index (χ4n) is 2.68. The van der Waals surface area contributed by atoms with Crippen LogP contribution in [0.25, 0.3) is 10.9 Å². The molecule has 0 saturated heterocycles. The third-order valence-electron chi connectivity index (χ3n) is 3.74. The highest BCUT2D eigenvalue weighted by Crippen LogP contribution is 2.25. The van der Waals surface area contributed by atoms with Gasteiger partial charge in [0.15, 0.2) is 0 Å². The Bertz CT molecular complexity index is 736. The van der Waals surface area contributed by atoms with Gasteiger partial charge in [-0.25, -0.2) is 0 Å². The van der Waals surface area contributed by atoms with Crippen LogP contribution in [0.1, 0.15) is 11.1 Å². The molecule has 0 aliphatic carbocycles. The molecule has 3 nitrogen and oxygen atoms in total. The number of para-hydroxylation sites is 2. The standard InChI is InChI=1S/C17H19N3/c1-12-6-5-8-15(18)17(12)19-10-13-11-20(2)16-9-4-3-7-14(13)16/h3-9,11,19H,10,18H2,1-2H3. The van der Waals surface area contributed by atoms with Crippen LogP contribution in [0.5, 0.6) is 0 Å². The van der Waals surface area contributed by atoms with Crippen LogP contribution in [0.15, 0.2) is 48.7 Å². The quantitative estimate of drug-likeness (QED) is 0.709. The Balaban J connectivity index is 1.91. The number of nitrogens with zero attached hydrogens (tertiary/aromatic N) is 1. The van der Waals surface area contributed by atoms with Crippen molar-refractivity contribution in [2.45, 2.75) is 13.5 Å². The predicted octanol–water partition coefficient (Wildman–Crippen LogP) is 3.68. The van der Waals surface area contributed by atoms with E-state index in [1.807, 2.05) is 12.1 Å². The molecule has 3 aromatic rings. The maximum Gasteiger partial charge on any atom is 0.0606 e. The molecule has 1 heterocycles. The van der Waals surface area contributed by atoms with Crippen molar-refractivity contribution in [3.8, 4) is 0 Å². The minimum atomic E-state index is 0.774. The lowest BCUT2D eigenvalue weighted by molar-refractivity contribution is 0.955. The van der Waals surface area contributed by atoms with Crippen LogP contribution >= 0.6 is 0 Å². The van der Waals surface area contributed by atoms with Gasteiger partial charge in [0.1, 0.15) is 0 Å². The number of fused-ring (bicyclic) bond motifs is 1. The Morgan fingerprint density at radius 2 is 1.90 bits per heavy atom. The van der Waals surface area contributed by atoms with Crippen LogP contribution in [-0.2, 0) is 13.6 Å². The van der Waals surface area contributed by atoms with Crippen LogP contribution in [0.4, 0.5) is 11.4 Å². The van der Waals surface area contributed by atoms with Gasteiger partial charge in [0.05, 0.1) is 11.4 Å². The fraction of sp³-hybridized carbons (Fsp3) is 0.176. The number of aryl methyl sites for hydroxylation is 2. The van der Waals surface area contributed by atoms with E-state index in [4.69, 9.17) is 5.73 Å². The summed E-state index contributed by atoms with van der Waals surface area (Å²) in [7, 11) is 2.08. The second-order valence-electron chi connectivity index (χ2n) is 5.18. The van der Waals surface area contributed by atoms with E-state index in [1.54, 1.807) is 0 Å². The lowest BCUT2D eigenvalue weighted by Gasteiger charge is -2.11. The van der Waals surface area contributed by atoms with Crippen molar-refractivity contribution in [2.75, 3.05) is 11.1 Å². The van der Waals surface area contributed by atoms with Crippen molar-refractivity contribution >= 4 is 22.3 Å². The van der Waals surface area contributed by atoms with E-state index in [0.717, 1.165) is 17.9 Å². The van der Waals surface area contributed by atoms with Crippen LogP contribution in [-0.4, -0.2) is 4.57 Å². The molecule has 0 aliphatic heterocycles. The molecule has 0 amide bonds. The first-order chi connectivity index (χ1) is 9.66. The van der Waals surface area contributed by atoms with Gasteiger partial charge < -0.3 is 15.6 Å². The zero-order chi connectivity index (χ0) is 14.1. The molecule has 0 atom stereocenters. The number of rotatable bonds is 3. The maximum atomic E-state index is 6.04. The number of hydrogen-bond donors (Lipinski definition) is 2. The van der Waals surface area contributed by atoms with Gasteiger partial charge in [0, 0.05) is 30.7 Å². The molecule has 102 valence electrons.